The maximum absolute atomic E-state index is 12.3. The quantitative estimate of drug-likeness (QED) is 0.613. The van der Waals surface area contributed by atoms with Crippen molar-refractivity contribution in [1.29, 1.82) is 0 Å². The zero-order chi connectivity index (χ0) is 13.2. The van der Waals surface area contributed by atoms with Gasteiger partial charge in [0, 0.05) is 6.07 Å². The Labute approximate surface area is 99.0 Å². The molecule has 1 heterocycles. The van der Waals surface area contributed by atoms with Crippen LogP contribution < -0.4 is 4.74 Å². The Morgan fingerprint density at radius 3 is 2.33 bits per heavy atom. The molecule has 0 atom stereocenters. The van der Waals surface area contributed by atoms with E-state index >= 15 is 0 Å². The second kappa shape index (κ2) is 4.52. The molecule has 0 unspecified atom stereocenters. The van der Waals surface area contributed by atoms with E-state index in [1.54, 1.807) is 0 Å². The van der Waals surface area contributed by atoms with Crippen LogP contribution >= 0.6 is 0 Å². The van der Waals surface area contributed by atoms with Gasteiger partial charge >= 0.3 is 12.1 Å². The molecule has 2 rings (SSSR count). The Kier molecular flexibility index (Phi) is 3.05. The number of hydrogen-bond donors (Lipinski definition) is 0. The molecule has 7 heteroatoms. The monoisotopic (exact) mass is 257 g/mol. The molecule has 0 radical (unpaired) electrons. The van der Waals surface area contributed by atoms with Gasteiger partial charge in [-0.1, -0.05) is 5.16 Å². The summed E-state index contributed by atoms with van der Waals surface area (Å²) in [5.41, 5.74) is -0.876. The van der Waals surface area contributed by atoms with E-state index in [0.717, 1.165) is 24.3 Å². The average Bonchev–Trinajstić information content (AvgIpc) is 2.82. The fourth-order valence-electron chi connectivity index (χ4n) is 1.19. The minimum Gasteiger partial charge on any atom is -0.422 e. The lowest BCUT2D eigenvalue weighted by Crippen LogP contribution is -2.09. The summed E-state index contributed by atoms with van der Waals surface area (Å²) in [6.07, 6.45) is -3.24. The van der Waals surface area contributed by atoms with Crippen molar-refractivity contribution in [3.05, 3.63) is 47.9 Å². The van der Waals surface area contributed by atoms with E-state index in [1.165, 1.54) is 12.3 Å². The van der Waals surface area contributed by atoms with E-state index in [0.29, 0.717) is 0 Å². The predicted octanol–water partition coefficient (Wildman–Crippen LogP) is 2.91. The van der Waals surface area contributed by atoms with E-state index in [1.807, 2.05) is 0 Å². The van der Waals surface area contributed by atoms with Crippen molar-refractivity contribution in [2.45, 2.75) is 6.18 Å². The van der Waals surface area contributed by atoms with Crippen LogP contribution in [0.4, 0.5) is 13.2 Å². The maximum atomic E-state index is 12.3. The highest BCUT2D eigenvalue weighted by atomic mass is 19.4. The number of rotatable bonds is 2. The Hall–Kier alpha value is -2.31. The van der Waals surface area contributed by atoms with Crippen LogP contribution in [-0.2, 0) is 6.18 Å². The molecule has 0 saturated heterocycles. The van der Waals surface area contributed by atoms with Gasteiger partial charge in [-0.05, 0) is 24.3 Å². The van der Waals surface area contributed by atoms with Crippen LogP contribution in [0.1, 0.15) is 16.1 Å². The first-order valence-electron chi connectivity index (χ1n) is 4.76. The minimum absolute atomic E-state index is 0.00370. The van der Waals surface area contributed by atoms with Crippen molar-refractivity contribution in [2.24, 2.45) is 0 Å². The molecule has 0 N–H and O–H groups in total. The molecular weight excluding hydrogens is 251 g/mol. The van der Waals surface area contributed by atoms with Crippen LogP contribution in [0.25, 0.3) is 0 Å². The lowest BCUT2D eigenvalue weighted by Gasteiger charge is -2.07. The molecule has 0 bridgehead atoms. The van der Waals surface area contributed by atoms with Gasteiger partial charge in [0.2, 0.25) is 0 Å². The average molecular weight is 257 g/mol. The summed E-state index contributed by atoms with van der Waals surface area (Å²) in [6.45, 7) is 0. The number of nitrogens with zero attached hydrogens (tertiary/aromatic N) is 1. The molecule has 0 aliphatic rings. The summed E-state index contributed by atoms with van der Waals surface area (Å²) >= 11 is 0. The van der Waals surface area contributed by atoms with Gasteiger partial charge in [-0.15, -0.1) is 0 Å². The molecule has 0 aliphatic carbocycles. The van der Waals surface area contributed by atoms with Crippen molar-refractivity contribution in [1.82, 2.24) is 5.16 Å². The second-order valence-electron chi connectivity index (χ2n) is 3.30. The van der Waals surface area contributed by atoms with Crippen LogP contribution in [0.2, 0.25) is 0 Å². The van der Waals surface area contributed by atoms with Crippen molar-refractivity contribution in [2.75, 3.05) is 0 Å². The first-order chi connectivity index (χ1) is 8.47. The van der Waals surface area contributed by atoms with Gasteiger partial charge in [0.05, 0.1) is 5.56 Å². The number of halogens is 3. The van der Waals surface area contributed by atoms with E-state index in [-0.39, 0.29) is 11.4 Å². The van der Waals surface area contributed by atoms with E-state index in [4.69, 9.17) is 4.74 Å². The van der Waals surface area contributed by atoms with Crippen LogP contribution in [0.5, 0.6) is 5.75 Å². The molecule has 94 valence electrons. The van der Waals surface area contributed by atoms with Gasteiger partial charge in [-0.3, -0.25) is 0 Å². The Morgan fingerprint density at radius 2 is 1.83 bits per heavy atom. The fraction of sp³-hybridized carbons (Fsp3) is 0.0909. The number of aromatic nitrogens is 1. The summed E-state index contributed by atoms with van der Waals surface area (Å²) in [7, 11) is 0. The van der Waals surface area contributed by atoms with Gasteiger partial charge in [-0.25, -0.2) is 4.79 Å². The SMILES string of the molecule is O=C(Oc1ccc(C(F)(F)F)cc1)c1ccon1. The first kappa shape index (κ1) is 12.2. The highest BCUT2D eigenvalue weighted by Gasteiger charge is 2.30. The first-order valence-corrected chi connectivity index (χ1v) is 4.76. The number of carbonyl (C=O) groups is 1. The zero-order valence-electron chi connectivity index (χ0n) is 8.77. The zero-order valence-corrected chi connectivity index (χ0v) is 8.77. The lowest BCUT2D eigenvalue weighted by atomic mass is 10.2. The third-order valence-electron chi connectivity index (χ3n) is 2.04. The lowest BCUT2D eigenvalue weighted by molar-refractivity contribution is -0.137. The van der Waals surface area contributed by atoms with Gasteiger partial charge in [-0.2, -0.15) is 13.2 Å². The number of benzene rings is 1. The number of ether oxygens (including phenoxy) is 1. The molecule has 1 aromatic carbocycles. The van der Waals surface area contributed by atoms with Crippen LogP contribution in [-0.4, -0.2) is 11.1 Å². The van der Waals surface area contributed by atoms with Crippen LogP contribution in [0, 0.1) is 0 Å². The highest BCUT2D eigenvalue weighted by molar-refractivity contribution is 5.88. The molecule has 0 aliphatic heterocycles. The van der Waals surface area contributed by atoms with Gasteiger partial charge in [0.25, 0.3) is 0 Å². The number of hydrogen-bond acceptors (Lipinski definition) is 4. The standard InChI is InChI=1S/C11H6F3NO3/c12-11(13,14)7-1-3-8(4-2-7)18-10(16)9-5-6-17-15-9/h1-6H. The van der Waals surface area contributed by atoms with Crippen molar-refractivity contribution in [3.8, 4) is 5.75 Å². The third kappa shape index (κ3) is 2.68. The molecule has 0 amide bonds. The second-order valence-corrected chi connectivity index (χ2v) is 3.30. The van der Waals surface area contributed by atoms with Crippen LogP contribution in [0.3, 0.4) is 0 Å². The maximum Gasteiger partial charge on any atom is 0.416 e. The number of carbonyl (C=O) groups excluding carboxylic acids is 1. The predicted molar refractivity (Wildman–Crippen MR) is 52.9 cm³/mol. The van der Waals surface area contributed by atoms with E-state index in [9.17, 15) is 18.0 Å². The summed E-state index contributed by atoms with van der Waals surface area (Å²) in [5, 5.41) is 3.34. The third-order valence-corrected chi connectivity index (χ3v) is 2.04. The van der Waals surface area contributed by atoms with E-state index < -0.39 is 17.7 Å². The Bertz CT molecular complexity index is 532. The molecule has 0 saturated carbocycles. The van der Waals surface area contributed by atoms with Crippen LogP contribution in [0.15, 0.2) is 41.1 Å². The smallest absolute Gasteiger partial charge is 0.416 e. The van der Waals surface area contributed by atoms with Crippen molar-refractivity contribution < 1.29 is 27.2 Å². The van der Waals surface area contributed by atoms with Gasteiger partial charge < -0.3 is 9.26 Å². The minimum atomic E-state index is -4.42. The summed E-state index contributed by atoms with van der Waals surface area (Å²) in [4.78, 5) is 11.4. The Balaban J connectivity index is 2.09. The summed E-state index contributed by atoms with van der Waals surface area (Å²) in [6, 6.07) is 5.05. The number of esters is 1. The van der Waals surface area contributed by atoms with Gasteiger partial charge in [0.15, 0.2) is 5.69 Å². The van der Waals surface area contributed by atoms with E-state index in [2.05, 4.69) is 9.68 Å². The van der Waals surface area contributed by atoms with Crippen molar-refractivity contribution >= 4 is 5.97 Å². The normalized spacial score (nSPS) is 11.3. The summed E-state index contributed by atoms with van der Waals surface area (Å²) in [5.74, 6) is -0.806. The molecule has 18 heavy (non-hydrogen) atoms. The molecular formula is C11H6F3NO3. The molecule has 0 spiro atoms. The van der Waals surface area contributed by atoms with Crippen molar-refractivity contribution in [3.63, 3.8) is 0 Å². The summed E-state index contributed by atoms with van der Waals surface area (Å²) < 4.78 is 46.1. The molecule has 4 nitrogen and oxygen atoms in total. The molecule has 1 aromatic heterocycles. The number of alkyl halides is 3. The highest BCUT2D eigenvalue weighted by Crippen LogP contribution is 2.30. The molecule has 0 fully saturated rings. The largest absolute Gasteiger partial charge is 0.422 e. The fourth-order valence-corrected chi connectivity index (χ4v) is 1.19. The van der Waals surface area contributed by atoms with Gasteiger partial charge in [0.1, 0.15) is 12.0 Å². The Morgan fingerprint density at radius 1 is 1.17 bits per heavy atom. The topological polar surface area (TPSA) is 52.3 Å². The molecule has 2 aromatic rings.